The second-order valence-corrected chi connectivity index (χ2v) is 4.67. The molecule has 1 aliphatic rings. The van der Waals surface area contributed by atoms with Crippen LogP contribution in [-0.2, 0) is 9.84 Å². The van der Waals surface area contributed by atoms with E-state index in [-0.39, 0.29) is 9.94 Å². The smallest absolute Gasteiger partial charge is 0.214 e. The van der Waals surface area contributed by atoms with Crippen molar-refractivity contribution in [2.45, 2.75) is 4.90 Å². The molecule has 1 heterocycles. The maximum absolute atomic E-state index is 11.9. The average Bonchev–Trinajstić information content (AvgIpc) is 2.31. The molecule has 1 aliphatic heterocycles. The van der Waals surface area contributed by atoms with Crippen LogP contribution in [0.25, 0.3) is 0 Å². The molecule has 0 unspecified atom stereocenters. The van der Waals surface area contributed by atoms with Crippen LogP contribution in [0.4, 0.5) is 0 Å². The van der Waals surface area contributed by atoms with Gasteiger partial charge in [-0.1, -0.05) is 18.2 Å². The van der Waals surface area contributed by atoms with E-state index in [1.807, 2.05) is 0 Å². The van der Waals surface area contributed by atoms with Gasteiger partial charge in [-0.05, 0) is 12.1 Å². The summed E-state index contributed by atoms with van der Waals surface area (Å²) in [5, 5.41) is 10.1. The van der Waals surface area contributed by atoms with Gasteiger partial charge in [-0.15, -0.1) is 0 Å². The van der Waals surface area contributed by atoms with Crippen molar-refractivity contribution in [3.05, 3.63) is 42.6 Å². The summed E-state index contributed by atoms with van der Waals surface area (Å²) in [7, 11) is -3.55. The lowest BCUT2D eigenvalue weighted by molar-refractivity contribution is 0.607. The Labute approximate surface area is 86.8 Å². The summed E-state index contributed by atoms with van der Waals surface area (Å²) in [6.45, 7) is 0. The molecule has 0 aliphatic carbocycles. The highest BCUT2D eigenvalue weighted by atomic mass is 32.2. The summed E-state index contributed by atoms with van der Waals surface area (Å²) in [5.41, 5.74) is 0. The molecule has 6 heteroatoms. The Balaban J connectivity index is 2.50. The Morgan fingerprint density at radius 1 is 1.13 bits per heavy atom. The lowest BCUT2D eigenvalue weighted by atomic mass is 10.4. The van der Waals surface area contributed by atoms with E-state index in [1.54, 1.807) is 18.2 Å². The van der Waals surface area contributed by atoms with Gasteiger partial charge in [-0.3, -0.25) is 0 Å². The molecule has 0 aromatic heterocycles. The van der Waals surface area contributed by atoms with E-state index in [0.717, 1.165) is 0 Å². The molecule has 0 fully saturated rings. The van der Waals surface area contributed by atoms with Crippen LogP contribution >= 0.6 is 0 Å². The first kappa shape index (κ1) is 9.72. The van der Waals surface area contributed by atoms with Gasteiger partial charge in [-0.25, -0.2) is 8.42 Å². The maximum Gasteiger partial charge on any atom is 0.302 e. The first-order valence-electron chi connectivity index (χ1n) is 4.16. The Kier molecular flexibility index (Phi) is 2.42. The highest BCUT2D eigenvalue weighted by Crippen LogP contribution is 2.13. The lowest BCUT2D eigenvalue weighted by Gasteiger charge is -1.98. The molecule has 1 aromatic carbocycles. The number of sulfone groups is 1. The highest BCUT2D eigenvalue weighted by Gasteiger charge is 2.26. The van der Waals surface area contributed by atoms with Crippen LogP contribution < -0.4 is 5.11 Å². The molecule has 0 saturated heterocycles. The van der Waals surface area contributed by atoms with Crippen molar-refractivity contribution in [2.75, 3.05) is 0 Å². The molecule has 75 valence electrons. The summed E-state index contributed by atoms with van der Waals surface area (Å²) < 4.78 is 23.8. The van der Waals surface area contributed by atoms with Crippen molar-refractivity contribution in [1.29, 1.82) is 0 Å². The second-order valence-electron chi connectivity index (χ2n) is 2.78. The van der Waals surface area contributed by atoms with Crippen molar-refractivity contribution in [3.8, 4) is 0 Å². The predicted octanol–water partition coefficient (Wildman–Crippen LogP) is 1.09. The topological polar surface area (TPSA) is 73.0 Å². The standard InChI is InChI=1S/C9H7N3O2S/c13-15(14,8-4-2-1-3-5-8)9-6-7-10-12-11-9/h1-7H/q+1. The van der Waals surface area contributed by atoms with E-state index in [4.69, 9.17) is 0 Å². The van der Waals surface area contributed by atoms with Crippen molar-refractivity contribution in [3.63, 3.8) is 0 Å². The summed E-state index contributed by atoms with van der Waals surface area (Å²) in [5.74, 6) is 0. The number of hydrogen-bond donors (Lipinski definition) is 0. The predicted molar refractivity (Wildman–Crippen MR) is 54.8 cm³/mol. The summed E-state index contributed by atoms with van der Waals surface area (Å²) in [6.07, 6.45) is 2.61. The summed E-state index contributed by atoms with van der Waals surface area (Å²) in [4.78, 5) is 0.200. The fraction of sp³-hybridized carbons (Fsp3) is 0. The normalized spacial score (nSPS) is 15.1. The third-order valence-electron chi connectivity index (χ3n) is 1.81. The Bertz CT molecular complexity index is 544. The van der Waals surface area contributed by atoms with Gasteiger partial charge in [-0.2, -0.15) is 0 Å². The van der Waals surface area contributed by atoms with Crippen molar-refractivity contribution >= 4 is 14.9 Å². The minimum absolute atomic E-state index is 0.0938. The minimum Gasteiger partial charge on any atom is -0.214 e. The van der Waals surface area contributed by atoms with Gasteiger partial charge < -0.3 is 0 Å². The molecule has 15 heavy (non-hydrogen) atoms. The monoisotopic (exact) mass is 221 g/mol. The van der Waals surface area contributed by atoms with E-state index in [1.165, 1.54) is 24.4 Å². The van der Waals surface area contributed by atoms with E-state index < -0.39 is 9.84 Å². The van der Waals surface area contributed by atoms with Crippen LogP contribution in [0.1, 0.15) is 0 Å². The van der Waals surface area contributed by atoms with Crippen LogP contribution in [0.15, 0.2) is 57.8 Å². The zero-order valence-corrected chi connectivity index (χ0v) is 8.42. The van der Waals surface area contributed by atoms with Gasteiger partial charge in [0, 0.05) is 0 Å². The second kappa shape index (κ2) is 3.74. The average molecular weight is 221 g/mol. The number of nitrogens with zero attached hydrogens (tertiary/aromatic N) is 3. The van der Waals surface area contributed by atoms with E-state index >= 15 is 0 Å². The Morgan fingerprint density at radius 2 is 1.87 bits per heavy atom. The van der Waals surface area contributed by atoms with E-state index in [0.29, 0.717) is 0 Å². The SMILES string of the molecule is O=S(=O)(C1=NN=[N+]C=C1)c1ccccc1. The van der Waals surface area contributed by atoms with Gasteiger partial charge in [0.25, 0.3) is 0 Å². The molecule has 2 rings (SSSR count). The third-order valence-corrected chi connectivity index (χ3v) is 3.47. The molecule has 0 N–H and O–H groups in total. The van der Waals surface area contributed by atoms with Crippen molar-refractivity contribution in [2.24, 2.45) is 10.3 Å². The van der Waals surface area contributed by atoms with Crippen molar-refractivity contribution in [1.82, 2.24) is 5.11 Å². The van der Waals surface area contributed by atoms with Crippen molar-refractivity contribution < 1.29 is 8.42 Å². The molecular formula is C9H7N3O2S+. The van der Waals surface area contributed by atoms with Gasteiger partial charge in [0.2, 0.25) is 9.84 Å². The van der Waals surface area contributed by atoms with Gasteiger partial charge in [0.15, 0.2) is 11.4 Å². The fourth-order valence-electron chi connectivity index (χ4n) is 1.09. The van der Waals surface area contributed by atoms with Crippen LogP contribution in [-0.4, -0.2) is 13.5 Å². The number of benzene rings is 1. The quantitative estimate of drug-likeness (QED) is 0.712. The van der Waals surface area contributed by atoms with Gasteiger partial charge in [0.1, 0.15) is 0 Å². The largest absolute Gasteiger partial charge is 0.302 e. The molecule has 0 saturated carbocycles. The molecule has 0 spiro atoms. The maximum atomic E-state index is 11.9. The molecule has 0 amide bonds. The zero-order chi connectivity index (χ0) is 10.7. The Morgan fingerprint density at radius 3 is 2.47 bits per heavy atom. The van der Waals surface area contributed by atoms with Gasteiger partial charge in [0.05, 0.1) is 21.2 Å². The lowest BCUT2D eigenvalue weighted by Crippen LogP contribution is -2.14. The highest BCUT2D eigenvalue weighted by molar-refractivity contribution is 8.06. The van der Waals surface area contributed by atoms with E-state index in [2.05, 4.69) is 15.4 Å². The van der Waals surface area contributed by atoms with Crippen LogP contribution in [0.2, 0.25) is 0 Å². The first-order valence-corrected chi connectivity index (χ1v) is 5.64. The number of rotatable bonds is 1. The van der Waals surface area contributed by atoms with Gasteiger partial charge >= 0.3 is 5.04 Å². The molecule has 1 radical (unpaired) electrons. The van der Waals surface area contributed by atoms with Crippen LogP contribution in [0.5, 0.6) is 0 Å². The molecule has 0 bridgehead atoms. The zero-order valence-electron chi connectivity index (χ0n) is 7.61. The molecule has 0 atom stereocenters. The summed E-state index contributed by atoms with van der Waals surface area (Å²) in [6, 6.07) is 8.08. The molecule has 5 nitrogen and oxygen atoms in total. The number of hydrogen-bond acceptors (Lipinski definition) is 5. The molecule has 1 aromatic rings. The van der Waals surface area contributed by atoms with E-state index in [9.17, 15) is 8.42 Å². The fourth-order valence-corrected chi connectivity index (χ4v) is 2.23. The Hall–Kier alpha value is -1.82. The summed E-state index contributed by atoms with van der Waals surface area (Å²) >= 11 is 0. The minimum atomic E-state index is -3.55. The third kappa shape index (κ3) is 1.84. The first-order chi connectivity index (χ1) is 7.21. The molecular weight excluding hydrogens is 214 g/mol. The van der Waals surface area contributed by atoms with Crippen LogP contribution in [0, 0.1) is 0 Å². The van der Waals surface area contributed by atoms with Crippen LogP contribution in [0.3, 0.4) is 0 Å².